The molecule has 1 atom stereocenters. The second-order valence-electron chi connectivity index (χ2n) is 8.62. The summed E-state index contributed by atoms with van der Waals surface area (Å²) in [5, 5.41) is 14.2. The third-order valence-corrected chi connectivity index (χ3v) is 6.04. The second-order valence-corrected chi connectivity index (χ2v) is 8.62. The van der Waals surface area contributed by atoms with Crippen LogP contribution in [0.2, 0.25) is 0 Å². The van der Waals surface area contributed by atoms with E-state index in [1.807, 2.05) is 12.1 Å². The lowest BCUT2D eigenvalue weighted by Crippen LogP contribution is -2.39. The van der Waals surface area contributed by atoms with E-state index >= 15 is 0 Å². The Morgan fingerprint density at radius 1 is 1.22 bits per heavy atom. The first-order valence-electron chi connectivity index (χ1n) is 10.9. The smallest absolute Gasteiger partial charge is 0.415 e. The number of ether oxygens (including phenoxy) is 1. The number of carbonyl (C=O) groups excluding carboxylic acids is 1. The summed E-state index contributed by atoms with van der Waals surface area (Å²) < 4.78 is 5.23. The summed E-state index contributed by atoms with van der Waals surface area (Å²) in [6.07, 6.45) is 3.16. The van der Waals surface area contributed by atoms with Crippen molar-refractivity contribution < 1.29 is 14.5 Å². The number of piperidine rings is 1. The van der Waals surface area contributed by atoms with Gasteiger partial charge in [-0.05, 0) is 30.4 Å². The van der Waals surface area contributed by atoms with Crippen molar-refractivity contribution in [1.29, 1.82) is 0 Å². The van der Waals surface area contributed by atoms with Gasteiger partial charge in [0.25, 0.3) is 5.69 Å². The van der Waals surface area contributed by atoms with Crippen molar-refractivity contribution in [3.8, 4) is 0 Å². The third kappa shape index (κ3) is 4.96. The summed E-state index contributed by atoms with van der Waals surface area (Å²) in [4.78, 5) is 35.5. The molecule has 10 nitrogen and oxygen atoms in total. The molecule has 2 saturated heterocycles. The average Bonchev–Trinajstić information content (AvgIpc) is 3.17. The van der Waals surface area contributed by atoms with Crippen LogP contribution in [0.3, 0.4) is 0 Å². The Balaban J connectivity index is 1.32. The fourth-order valence-electron chi connectivity index (χ4n) is 4.14. The predicted molar refractivity (Wildman–Crippen MR) is 120 cm³/mol. The number of anilines is 2. The maximum Gasteiger partial charge on any atom is 0.415 e. The SMILES string of the molecule is CC(C)C1COC(=O)N1c1ccnc(NC2CCN(Cc3ccc([N+](=O)[O-])cc3)CC2)n1. The molecule has 0 spiro atoms. The van der Waals surface area contributed by atoms with Gasteiger partial charge in [-0.1, -0.05) is 26.0 Å². The first-order valence-corrected chi connectivity index (χ1v) is 10.9. The maximum atomic E-state index is 12.2. The zero-order valence-electron chi connectivity index (χ0n) is 18.3. The molecular formula is C22H28N6O4. The quantitative estimate of drug-likeness (QED) is 0.514. The van der Waals surface area contributed by atoms with Crippen LogP contribution < -0.4 is 10.2 Å². The lowest BCUT2D eigenvalue weighted by Gasteiger charge is -2.32. The number of amides is 1. The van der Waals surface area contributed by atoms with Crippen LogP contribution in [0.4, 0.5) is 22.2 Å². The highest BCUT2D eigenvalue weighted by atomic mass is 16.6. The Kier molecular flexibility index (Phi) is 6.50. The van der Waals surface area contributed by atoms with Crippen molar-refractivity contribution in [2.24, 2.45) is 5.92 Å². The Bertz CT molecular complexity index is 959. The number of aromatic nitrogens is 2. The van der Waals surface area contributed by atoms with E-state index in [1.165, 1.54) is 0 Å². The van der Waals surface area contributed by atoms with Gasteiger partial charge < -0.3 is 10.1 Å². The number of rotatable bonds is 7. The van der Waals surface area contributed by atoms with Crippen LogP contribution in [0, 0.1) is 16.0 Å². The number of cyclic esters (lactones) is 1. The Hall–Kier alpha value is -3.27. The van der Waals surface area contributed by atoms with Crippen LogP contribution in [0.25, 0.3) is 0 Å². The van der Waals surface area contributed by atoms with Gasteiger partial charge in [0.05, 0.1) is 11.0 Å². The molecule has 2 aliphatic heterocycles. The Morgan fingerprint density at radius 2 is 1.94 bits per heavy atom. The van der Waals surface area contributed by atoms with Gasteiger partial charge in [0.15, 0.2) is 0 Å². The van der Waals surface area contributed by atoms with Gasteiger partial charge in [-0.25, -0.2) is 9.78 Å². The number of nitro benzene ring substituents is 1. The lowest BCUT2D eigenvalue weighted by molar-refractivity contribution is -0.384. The minimum atomic E-state index is -0.381. The summed E-state index contributed by atoms with van der Waals surface area (Å²) in [7, 11) is 0. The lowest BCUT2D eigenvalue weighted by atomic mass is 10.0. The monoisotopic (exact) mass is 440 g/mol. The van der Waals surface area contributed by atoms with Crippen LogP contribution in [0.15, 0.2) is 36.5 Å². The van der Waals surface area contributed by atoms with Crippen molar-refractivity contribution in [2.75, 3.05) is 29.9 Å². The zero-order valence-corrected chi connectivity index (χ0v) is 18.3. The zero-order chi connectivity index (χ0) is 22.7. The van der Waals surface area contributed by atoms with Gasteiger partial charge in [0, 0.05) is 44.0 Å². The molecule has 1 unspecified atom stereocenters. The molecule has 32 heavy (non-hydrogen) atoms. The third-order valence-electron chi connectivity index (χ3n) is 6.04. The van der Waals surface area contributed by atoms with E-state index in [0.29, 0.717) is 18.4 Å². The summed E-state index contributed by atoms with van der Waals surface area (Å²) >= 11 is 0. The van der Waals surface area contributed by atoms with Gasteiger partial charge in [0.2, 0.25) is 5.95 Å². The van der Waals surface area contributed by atoms with E-state index in [9.17, 15) is 14.9 Å². The minimum absolute atomic E-state index is 0.0343. The number of non-ortho nitro benzene ring substituents is 1. The number of benzene rings is 1. The number of nitrogens with one attached hydrogen (secondary N) is 1. The minimum Gasteiger partial charge on any atom is -0.447 e. The van der Waals surface area contributed by atoms with Crippen LogP contribution in [-0.2, 0) is 11.3 Å². The molecule has 2 aliphatic rings. The molecule has 170 valence electrons. The molecule has 0 aliphatic carbocycles. The fraction of sp³-hybridized carbons (Fsp3) is 0.500. The first kappa shape index (κ1) is 21.9. The Labute approximate surface area is 186 Å². The molecule has 0 saturated carbocycles. The van der Waals surface area contributed by atoms with Crippen LogP contribution in [0.1, 0.15) is 32.3 Å². The van der Waals surface area contributed by atoms with E-state index in [4.69, 9.17) is 4.74 Å². The highest BCUT2D eigenvalue weighted by molar-refractivity contribution is 5.89. The standard InChI is InChI=1S/C22H28N6O4/c1-15(2)19-14-32-22(29)27(19)20-7-10-23-21(25-20)24-17-8-11-26(12-9-17)13-16-3-5-18(6-4-16)28(30)31/h3-7,10,15,17,19H,8-9,11-14H2,1-2H3,(H,23,24,25). The number of nitro groups is 1. The summed E-state index contributed by atoms with van der Waals surface area (Å²) in [5.74, 6) is 1.32. The maximum absolute atomic E-state index is 12.2. The molecule has 2 aromatic rings. The molecule has 1 aromatic heterocycles. The van der Waals surface area contributed by atoms with Gasteiger partial charge in [-0.2, -0.15) is 4.98 Å². The number of hydrogen-bond acceptors (Lipinski definition) is 8. The van der Waals surface area contributed by atoms with Crippen LogP contribution in [0.5, 0.6) is 0 Å². The van der Waals surface area contributed by atoms with Gasteiger partial charge in [0.1, 0.15) is 12.4 Å². The largest absolute Gasteiger partial charge is 0.447 e. The molecule has 0 radical (unpaired) electrons. The summed E-state index contributed by atoms with van der Waals surface area (Å²) in [5.41, 5.74) is 1.18. The van der Waals surface area contributed by atoms with E-state index in [0.717, 1.165) is 38.0 Å². The van der Waals surface area contributed by atoms with E-state index < -0.39 is 0 Å². The van der Waals surface area contributed by atoms with Crippen LogP contribution in [-0.4, -0.2) is 57.7 Å². The molecule has 1 aromatic carbocycles. The Morgan fingerprint density at radius 3 is 2.59 bits per heavy atom. The molecular weight excluding hydrogens is 412 g/mol. The highest BCUT2D eigenvalue weighted by Crippen LogP contribution is 2.26. The highest BCUT2D eigenvalue weighted by Gasteiger charge is 2.37. The summed E-state index contributed by atoms with van der Waals surface area (Å²) in [6.45, 7) is 7.07. The van der Waals surface area contributed by atoms with Crippen LogP contribution >= 0.6 is 0 Å². The average molecular weight is 441 g/mol. The van der Waals surface area contributed by atoms with E-state index in [1.54, 1.807) is 29.3 Å². The van der Waals surface area contributed by atoms with Gasteiger partial charge in [-0.15, -0.1) is 0 Å². The van der Waals surface area contributed by atoms with Crippen molar-refractivity contribution in [3.05, 3.63) is 52.2 Å². The second kappa shape index (κ2) is 9.47. The summed E-state index contributed by atoms with van der Waals surface area (Å²) in [6, 6.07) is 8.67. The van der Waals surface area contributed by atoms with E-state index in [2.05, 4.69) is 34.0 Å². The first-order chi connectivity index (χ1) is 15.4. The normalized spacial score (nSPS) is 19.9. The molecule has 3 heterocycles. The van der Waals surface area contributed by atoms with Crippen molar-refractivity contribution >= 4 is 23.5 Å². The fourth-order valence-corrected chi connectivity index (χ4v) is 4.14. The molecule has 1 N–H and O–H groups in total. The van der Waals surface area contributed by atoms with Crippen molar-refractivity contribution in [2.45, 2.75) is 45.3 Å². The molecule has 0 bridgehead atoms. The molecule has 4 rings (SSSR count). The molecule has 10 heteroatoms. The van der Waals surface area contributed by atoms with Crippen molar-refractivity contribution in [1.82, 2.24) is 14.9 Å². The van der Waals surface area contributed by atoms with Crippen molar-refractivity contribution in [3.63, 3.8) is 0 Å². The topological polar surface area (TPSA) is 114 Å². The number of hydrogen-bond donors (Lipinski definition) is 1. The van der Waals surface area contributed by atoms with E-state index in [-0.39, 0.29) is 34.7 Å². The number of carbonyl (C=O) groups is 1. The predicted octanol–water partition coefficient (Wildman–Crippen LogP) is 3.44. The number of likely N-dealkylation sites (tertiary alicyclic amines) is 1. The molecule has 1 amide bonds. The number of nitrogens with zero attached hydrogens (tertiary/aromatic N) is 5. The molecule has 2 fully saturated rings. The van der Waals surface area contributed by atoms with Gasteiger partial charge in [-0.3, -0.25) is 19.9 Å². The van der Waals surface area contributed by atoms with Gasteiger partial charge >= 0.3 is 6.09 Å².